The van der Waals surface area contributed by atoms with Crippen LogP contribution in [0.3, 0.4) is 0 Å². The molecule has 154 valence electrons. The number of carbonyl (C=O) groups excluding carboxylic acids is 1. The van der Waals surface area contributed by atoms with Crippen LogP contribution < -0.4 is 9.80 Å². The smallest absolute Gasteiger partial charge is 0.365 e. The topological polar surface area (TPSA) is 23.6 Å². The van der Waals surface area contributed by atoms with Crippen LogP contribution in [0.5, 0.6) is 0 Å². The van der Waals surface area contributed by atoms with Crippen molar-refractivity contribution < 1.29 is 31.1 Å². The lowest BCUT2D eigenvalue weighted by atomic mass is 10.0. The lowest BCUT2D eigenvalue weighted by Crippen LogP contribution is -2.48. The van der Waals surface area contributed by atoms with Crippen molar-refractivity contribution in [2.45, 2.75) is 31.2 Å². The number of alkyl halides is 6. The molecule has 1 fully saturated rings. The molecule has 0 bridgehead atoms. The van der Waals surface area contributed by atoms with E-state index in [2.05, 4.69) is 0 Å². The van der Waals surface area contributed by atoms with E-state index in [1.807, 2.05) is 4.90 Å². The normalized spacial score (nSPS) is 19.2. The Balaban J connectivity index is 1.78. The van der Waals surface area contributed by atoms with Gasteiger partial charge in [-0.25, -0.2) is 0 Å². The Labute approximate surface area is 162 Å². The van der Waals surface area contributed by atoms with Crippen LogP contribution in [-0.4, -0.2) is 25.0 Å². The molecule has 2 heterocycles. The van der Waals surface area contributed by atoms with Crippen LogP contribution in [0.1, 0.15) is 34.3 Å². The molecule has 2 aliphatic heterocycles. The third-order valence-electron chi connectivity index (χ3n) is 5.36. The van der Waals surface area contributed by atoms with Crippen LogP contribution in [0.15, 0.2) is 42.5 Å². The predicted octanol–water partition coefficient (Wildman–Crippen LogP) is 5.35. The molecule has 2 aliphatic rings. The zero-order valence-electron chi connectivity index (χ0n) is 15.0. The van der Waals surface area contributed by atoms with E-state index in [9.17, 15) is 31.1 Å². The summed E-state index contributed by atoms with van der Waals surface area (Å²) in [6.07, 6.45) is -7.63. The van der Waals surface area contributed by atoms with E-state index in [1.54, 1.807) is 0 Å². The highest BCUT2D eigenvalue weighted by Gasteiger charge is 2.40. The fourth-order valence-corrected chi connectivity index (χ4v) is 3.99. The van der Waals surface area contributed by atoms with E-state index in [1.165, 1.54) is 17.0 Å². The molecule has 0 aromatic heterocycles. The summed E-state index contributed by atoms with van der Waals surface area (Å²) in [5, 5.41) is 0. The summed E-state index contributed by atoms with van der Waals surface area (Å²) < 4.78 is 78.7. The lowest BCUT2D eigenvalue weighted by Gasteiger charge is -2.40. The van der Waals surface area contributed by atoms with E-state index >= 15 is 0 Å². The minimum Gasteiger partial charge on any atom is -0.365 e. The van der Waals surface area contributed by atoms with Gasteiger partial charge in [-0.05, 0) is 49.2 Å². The minimum atomic E-state index is -4.62. The molecule has 2 aromatic carbocycles. The molecule has 4 rings (SSSR count). The van der Waals surface area contributed by atoms with E-state index in [4.69, 9.17) is 0 Å². The van der Waals surface area contributed by atoms with Gasteiger partial charge in [-0.2, -0.15) is 26.3 Å². The highest BCUT2D eigenvalue weighted by molar-refractivity contribution is 6.08. The van der Waals surface area contributed by atoms with Crippen LogP contribution in [-0.2, 0) is 12.4 Å². The van der Waals surface area contributed by atoms with Crippen molar-refractivity contribution in [1.29, 1.82) is 0 Å². The van der Waals surface area contributed by atoms with E-state index in [-0.39, 0.29) is 23.8 Å². The first-order valence-electron chi connectivity index (χ1n) is 9.03. The number of fused-ring (bicyclic) bond motifs is 3. The van der Waals surface area contributed by atoms with Gasteiger partial charge in [0.05, 0.1) is 22.5 Å². The second-order valence-electron chi connectivity index (χ2n) is 7.19. The van der Waals surface area contributed by atoms with Crippen LogP contribution in [0.25, 0.3) is 0 Å². The standard InChI is InChI=1S/C20H16F6N2O/c21-19(22,23)13-4-1-3-12(9-13)18(29)28-11-15-5-2-8-27(15)16-7-6-14(10-17(16)28)20(24,25)26/h1,3-4,6-7,9-10,15H,2,5,8,11H2/t15-/m1/s1. The van der Waals surface area contributed by atoms with Crippen LogP contribution in [0, 0.1) is 0 Å². The van der Waals surface area contributed by atoms with Crippen molar-refractivity contribution in [1.82, 2.24) is 0 Å². The number of halogens is 6. The summed E-state index contributed by atoms with van der Waals surface area (Å²) >= 11 is 0. The zero-order valence-corrected chi connectivity index (χ0v) is 15.0. The monoisotopic (exact) mass is 414 g/mol. The van der Waals surface area contributed by atoms with Gasteiger partial charge < -0.3 is 9.80 Å². The van der Waals surface area contributed by atoms with Gasteiger partial charge in [-0.1, -0.05) is 6.07 Å². The average Bonchev–Trinajstić information content (AvgIpc) is 3.14. The summed E-state index contributed by atoms with van der Waals surface area (Å²) in [5.41, 5.74) is -1.54. The quantitative estimate of drug-likeness (QED) is 0.587. The molecule has 0 aliphatic carbocycles. The highest BCUT2D eigenvalue weighted by atomic mass is 19.4. The van der Waals surface area contributed by atoms with Crippen molar-refractivity contribution in [2.24, 2.45) is 0 Å². The summed E-state index contributed by atoms with van der Waals surface area (Å²) in [4.78, 5) is 16.2. The number of carbonyl (C=O) groups is 1. The van der Waals surface area contributed by atoms with Gasteiger partial charge in [0.2, 0.25) is 0 Å². The predicted molar refractivity (Wildman–Crippen MR) is 94.9 cm³/mol. The second kappa shape index (κ2) is 6.67. The van der Waals surface area contributed by atoms with E-state index < -0.39 is 29.4 Å². The fraction of sp³-hybridized carbons (Fsp3) is 0.350. The average molecular weight is 414 g/mol. The fourth-order valence-electron chi connectivity index (χ4n) is 3.99. The molecular weight excluding hydrogens is 398 g/mol. The largest absolute Gasteiger partial charge is 0.416 e. The molecule has 0 radical (unpaired) electrons. The van der Waals surface area contributed by atoms with Crippen molar-refractivity contribution in [3.05, 3.63) is 59.2 Å². The molecule has 29 heavy (non-hydrogen) atoms. The highest BCUT2D eigenvalue weighted by Crippen LogP contribution is 2.43. The number of hydrogen-bond acceptors (Lipinski definition) is 2. The maximum atomic E-state index is 13.2. The third kappa shape index (κ3) is 3.54. The number of hydrogen-bond donors (Lipinski definition) is 0. The van der Waals surface area contributed by atoms with Crippen LogP contribution >= 0.6 is 0 Å². The number of amides is 1. The zero-order chi connectivity index (χ0) is 21.0. The molecule has 1 saturated heterocycles. The van der Waals surface area contributed by atoms with Crippen molar-refractivity contribution in [2.75, 3.05) is 22.9 Å². The molecule has 9 heteroatoms. The summed E-state index contributed by atoms with van der Waals surface area (Å²) in [6.45, 7) is 0.790. The third-order valence-corrected chi connectivity index (χ3v) is 5.36. The Bertz CT molecular complexity index is 953. The van der Waals surface area contributed by atoms with Gasteiger partial charge >= 0.3 is 12.4 Å². The Kier molecular flexibility index (Phi) is 4.51. The number of anilines is 2. The Morgan fingerprint density at radius 1 is 0.897 bits per heavy atom. The van der Waals surface area contributed by atoms with Gasteiger partial charge in [0.1, 0.15) is 0 Å². The molecule has 3 nitrogen and oxygen atoms in total. The maximum absolute atomic E-state index is 13.2. The minimum absolute atomic E-state index is 0.0698. The summed E-state index contributed by atoms with van der Waals surface area (Å²) in [6, 6.07) is 7.07. The Morgan fingerprint density at radius 3 is 2.28 bits per heavy atom. The summed E-state index contributed by atoms with van der Waals surface area (Å²) in [5.74, 6) is -0.747. The lowest BCUT2D eigenvalue weighted by molar-refractivity contribution is -0.138. The van der Waals surface area contributed by atoms with Gasteiger partial charge in [0.15, 0.2) is 0 Å². The first-order chi connectivity index (χ1) is 13.6. The summed E-state index contributed by atoms with van der Waals surface area (Å²) in [7, 11) is 0. The first-order valence-corrected chi connectivity index (χ1v) is 9.03. The maximum Gasteiger partial charge on any atom is 0.416 e. The molecule has 2 aromatic rings. The number of benzene rings is 2. The van der Waals surface area contributed by atoms with Gasteiger partial charge in [-0.3, -0.25) is 4.79 Å². The van der Waals surface area contributed by atoms with Gasteiger partial charge in [0, 0.05) is 24.7 Å². The first kappa shape index (κ1) is 19.6. The molecule has 0 saturated carbocycles. The molecule has 0 N–H and O–H groups in total. The van der Waals surface area contributed by atoms with Gasteiger partial charge in [-0.15, -0.1) is 0 Å². The molecule has 1 amide bonds. The van der Waals surface area contributed by atoms with E-state index in [0.717, 1.165) is 43.2 Å². The Hall–Kier alpha value is -2.71. The van der Waals surface area contributed by atoms with Crippen molar-refractivity contribution in [3.63, 3.8) is 0 Å². The van der Waals surface area contributed by atoms with Crippen LogP contribution in [0.2, 0.25) is 0 Å². The van der Waals surface area contributed by atoms with Crippen LogP contribution in [0.4, 0.5) is 37.7 Å². The van der Waals surface area contributed by atoms with Crippen molar-refractivity contribution in [3.8, 4) is 0 Å². The number of rotatable bonds is 1. The van der Waals surface area contributed by atoms with E-state index in [0.29, 0.717) is 12.2 Å². The molecule has 0 unspecified atom stereocenters. The second-order valence-corrected chi connectivity index (χ2v) is 7.19. The molecular formula is C20H16F6N2O. The SMILES string of the molecule is O=C(c1cccc(C(F)(F)F)c1)N1C[C@H]2CCCN2c2ccc(C(F)(F)F)cc21. The number of nitrogens with zero attached hydrogens (tertiary/aromatic N) is 2. The molecule has 0 spiro atoms. The van der Waals surface area contributed by atoms with Gasteiger partial charge in [0.25, 0.3) is 5.91 Å². The Morgan fingerprint density at radius 2 is 1.59 bits per heavy atom. The molecule has 1 atom stereocenters. The van der Waals surface area contributed by atoms with Crippen molar-refractivity contribution >= 4 is 17.3 Å².